The summed E-state index contributed by atoms with van der Waals surface area (Å²) < 4.78 is 4.26. The first-order valence-electron chi connectivity index (χ1n) is 8.46. The Hall–Kier alpha value is -1.78. The van der Waals surface area contributed by atoms with Crippen molar-refractivity contribution in [2.75, 3.05) is 24.6 Å². The van der Waals surface area contributed by atoms with Crippen LogP contribution in [0.2, 0.25) is 5.02 Å². The normalized spacial score (nSPS) is 11.2. The van der Waals surface area contributed by atoms with E-state index >= 15 is 0 Å². The molecule has 0 saturated carbocycles. The van der Waals surface area contributed by atoms with Crippen LogP contribution in [0, 0.1) is 28.6 Å². The van der Waals surface area contributed by atoms with Gasteiger partial charge in [0.1, 0.15) is 5.84 Å². The number of aliphatic imine (C=N–C) groups is 1. The van der Waals surface area contributed by atoms with Gasteiger partial charge in [-0.1, -0.05) is 11.6 Å². The van der Waals surface area contributed by atoms with Crippen molar-refractivity contribution in [3.05, 3.63) is 46.2 Å². The number of nitrogens with one attached hydrogen (secondary N) is 1. The minimum Gasteiger partial charge on any atom is -0.371 e. The Morgan fingerprint density at radius 2 is 2.07 bits per heavy atom. The quantitative estimate of drug-likeness (QED) is 0.313. The summed E-state index contributed by atoms with van der Waals surface area (Å²) in [6.45, 7) is 1.16. The van der Waals surface area contributed by atoms with Crippen LogP contribution in [0.3, 0.4) is 0 Å². The van der Waals surface area contributed by atoms with E-state index in [1.165, 1.54) is 11.5 Å². The molecule has 0 radical (unpaired) electrons. The van der Waals surface area contributed by atoms with Crippen molar-refractivity contribution in [2.24, 2.45) is 10.9 Å². The molecule has 2 rings (SSSR count). The summed E-state index contributed by atoms with van der Waals surface area (Å²) >= 11 is 10.9. The van der Waals surface area contributed by atoms with Crippen LogP contribution in [0.4, 0.5) is 0 Å². The first-order valence-corrected chi connectivity index (χ1v) is 12.0. The number of pyridine rings is 1. The fourth-order valence-electron chi connectivity index (χ4n) is 2.06. The first-order chi connectivity index (χ1) is 13.7. The highest BCUT2D eigenvalue weighted by Gasteiger charge is 2.14. The monoisotopic (exact) mass is 450 g/mol. The Morgan fingerprint density at radius 3 is 2.79 bits per heavy atom. The van der Waals surface area contributed by atoms with Crippen molar-refractivity contribution in [1.29, 1.82) is 10.5 Å². The second-order valence-corrected chi connectivity index (χ2v) is 8.70. The molecule has 0 unspecified atom stereocenters. The van der Waals surface area contributed by atoms with Crippen LogP contribution < -0.4 is 5.32 Å². The maximum absolute atomic E-state index is 9.17. The Bertz CT molecular complexity index is 815. The predicted octanol–water partition coefficient (Wildman–Crippen LogP) is 4.01. The molecule has 2 aromatic heterocycles. The second-order valence-electron chi connectivity index (χ2n) is 5.41. The third-order valence-corrected chi connectivity index (χ3v) is 6.30. The van der Waals surface area contributed by atoms with E-state index in [0.29, 0.717) is 29.7 Å². The van der Waals surface area contributed by atoms with Gasteiger partial charge in [0, 0.05) is 41.1 Å². The summed E-state index contributed by atoms with van der Waals surface area (Å²) in [5.41, 5.74) is 1.92. The third kappa shape index (κ3) is 8.07. The van der Waals surface area contributed by atoms with Crippen LogP contribution in [0.25, 0.3) is 0 Å². The summed E-state index contributed by atoms with van der Waals surface area (Å²) in [5, 5.41) is 24.1. The topological polar surface area (TPSA) is 97.8 Å². The number of hydrogen-bond donors (Lipinski definition) is 1. The zero-order valence-electron chi connectivity index (χ0n) is 15.0. The van der Waals surface area contributed by atoms with Gasteiger partial charge in [0.05, 0.1) is 35.1 Å². The number of aromatic nitrogens is 2. The van der Waals surface area contributed by atoms with E-state index in [-0.39, 0.29) is 0 Å². The van der Waals surface area contributed by atoms with E-state index in [1.54, 1.807) is 35.8 Å². The summed E-state index contributed by atoms with van der Waals surface area (Å²) in [4.78, 5) is 8.68. The van der Waals surface area contributed by atoms with Gasteiger partial charge in [-0.2, -0.15) is 38.4 Å². The van der Waals surface area contributed by atoms with Crippen molar-refractivity contribution in [3.8, 4) is 12.1 Å². The smallest absolute Gasteiger partial charge is 0.189 e. The van der Waals surface area contributed by atoms with Gasteiger partial charge in [-0.3, -0.25) is 9.98 Å². The van der Waals surface area contributed by atoms with Crippen LogP contribution >= 0.6 is 46.7 Å². The molecule has 1 N–H and O–H groups in total. The Kier molecular flexibility index (Phi) is 10.8. The minimum absolute atomic E-state index is 0.440. The highest BCUT2D eigenvalue weighted by molar-refractivity contribution is 7.98. The van der Waals surface area contributed by atoms with Gasteiger partial charge >= 0.3 is 0 Å². The van der Waals surface area contributed by atoms with Crippen LogP contribution in [-0.2, 0) is 11.5 Å². The van der Waals surface area contributed by atoms with Crippen molar-refractivity contribution >= 4 is 52.5 Å². The summed E-state index contributed by atoms with van der Waals surface area (Å²) in [6.07, 6.45) is 1.72. The maximum Gasteiger partial charge on any atom is 0.189 e. The Morgan fingerprint density at radius 1 is 1.25 bits per heavy atom. The molecule has 0 bridgehead atoms. The third-order valence-electron chi connectivity index (χ3n) is 3.42. The zero-order chi connectivity index (χ0) is 20.0. The van der Waals surface area contributed by atoms with E-state index in [0.717, 1.165) is 28.6 Å². The molecular weight excluding hydrogens is 432 g/mol. The number of amidine groups is 1. The van der Waals surface area contributed by atoms with Crippen LogP contribution in [0.1, 0.15) is 11.4 Å². The molecule has 28 heavy (non-hydrogen) atoms. The minimum atomic E-state index is -0.876. The molecule has 0 amide bonds. The van der Waals surface area contributed by atoms with E-state index in [1.807, 2.05) is 29.7 Å². The number of rotatable bonds is 11. The molecule has 146 valence electrons. The lowest BCUT2D eigenvalue weighted by Gasteiger charge is -2.10. The lowest BCUT2D eigenvalue weighted by atomic mass is 10.2. The summed E-state index contributed by atoms with van der Waals surface area (Å²) in [5.74, 6) is 2.71. The summed E-state index contributed by atoms with van der Waals surface area (Å²) in [7, 11) is 0. The average molecular weight is 451 g/mol. The predicted molar refractivity (Wildman–Crippen MR) is 119 cm³/mol. The largest absolute Gasteiger partial charge is 0.371 e. The molecule has 0 aliphatic rings. The van der Waals surface area contributed by atoms with Gasteiger partial charge in [-0.25, -0.2) is 0 Å². The Labute approximate surface area is 182 Å². The van der Waals surface area contributed by atoms with Gasteiger partial charge in [-0.05, 0) is 29.7 Å². The molecule has 0 atom stereocenters. The highest BCUT2D eigenvalue weighted by Crippen LogP contribution is 2.18. The number of thioether (sulfide) groups is 2. The lowest BCUT2D eigenvalue weighted by Crippen LogP contribution is -2.32. The molecule has 0 aliphatic carbocycles. The van der Waals surface area contributed by atoms with Crippen LogP contribution in [0.5, 0.6) is 0 Å². The first kappa shape index (κ1) is 22.5. The van der Waals surface area contributed by atoms with E-state index in [2.05, 4.69) is 19.7 Å². The highest BCUT2D eigenvalue weighted by atomic mass is 35.5. The Balaban J connectivity index is 1.73. The molecule has 0 aromatic carbocycles. The molecule has 0 aliphatic heterocycles. The molecule has 6 nitrogen and oxygen atoms in total. The van der Waals surface area contributed by atoms with E-state index in [4.69, 9.17) is 11.6 Å². The molecule has 0 fully saturated rings. The van der Waals surface area contributed by atoms with Gasteiger partial charge in [0.15, 0.2) is 5.92 Å². The van der Waals surface area contributed by atoms with Crippen LogP contribution in [0.15, 0.2) is 34.8 Å². The average Bonchev–Trinajstić information content (AvgIpc) is 3.22. The van der Waals surface area contributed by atoms with E-state index < -0.39 is 5.92 Å². The molecule has 0 saturated heterocycles. The van der Waals surface area contributed by atoms with Crippen molar-refractivity contribution in [1.82, 2.24) is 14.7 Å². The zero-order valence-corrected chi connectivity index (χ0v) is 18.3. The van der Waals surface area contributed by atoms with E-state index in [9.17, 15) is 10.5 Å². The molecule has 0 spiro atoms. The molecule has 10 heteroatoms. The van der Waals surface area contributed by atoms with Crippen molar-refractivity contribution < 1.29 is 0 Å². The van der Waals surface area contributed by atoms with Gasteiger partial charge in [0.2, 0.25) is 0 Å². The van der Waals surface area contributed by atoms with Gasteiger partial charge in [-0.15, -0.1) is 0 Å². The number of nitriles is 2. The number of halogens is 1. The fourth-order valence-corrected chi connectivity index (χ4v) is 4.50. The van der Waals surface area contributed by atoms with Gasteiger partial charge < -0.3 is 5.32 Å². The number of hydrogen-bond acceptors (Lipinski definition) is 8. The SMILES string of the molecule is N#CC(C#N)C(=NCCSCc1ncccc1Cl)NCCSCc1ccsn1. The molecule has 2 heterocycles. The summed E-state index contributed by atoms with van der Waals surface area (Å²) in [6, 6.07) is 9.60. The lowest BCUT2D eigenvalue weighted by molar-refractivity contribution is 0.902. The molecule has 2 aromatic rings. The standard InChI is InChI=1S/C18H19ClN6S3/c19-16-2-1-4-22-17(16)13-27-9-6-24-18(14(10-20)11-21)23-5-8-26-12-15-3-7-28-25-15/h1-4,7,14H,5-6,8-9,12-13H2,(H,23,24). The fraction of sp³-hybridized carbons (Fsp3) is 0.389. The molecular formula is C18H19ClN6S3. The maximum atomic E-state index is 9.17. The van der Waals surface area contributed by atoms with Crippen molar-refractivity contribution in [2.45, 2.75) is 11.5 Å². The van der Waals surface area contributed by atoms with Crippen LogP contribution in [-0.4, -0.2) is 39.8 Å². The number of nitrogens with zero attached hydrogens (tertiary/aromatic N) is 5. The van der Waals surface area contributed by atoms with Crippen molar-refractivity contribution in [3.63, 3.8) is 0 Å². The van der Waals surface area contributed by atoms with Gasteiger partial charge in [0.25, 0.3) is 0 Å². The second kappa shape index (κ2) is 13.4.